The van der Waals surface area contributed by atoms with E-state index in [4.69, 9.17) is 4.42 Å². The van der Waals surface area contributed by atoms with Gasteiger partial charge in [-0.05, 0) is 19.1 Å². The van der Waals surface area contributed by atoms with Crippen molar-refractivity contribution in [2.75, 3.05) is 26.2 Å². The van der Waals surface area contributed by atoms with Crippen molar-refractivity contribution >= 4 is 27.5 Å². The quantitative estimate of drug-likeness (QED) is 0.732. The van der Waals surface area contributed by atoms with Crippen molar-refractivity contribution in [3.63, 3.8) is 0 Å². The van der Waals surface area contributed by atoms with Crippen LogP contribution in [0.5, 0.6) is 0 Å². The maximum atomic E-state index is 12.4. The fourth-order valence-corrected chi connectivity index (χ4v) is 3.95. The molecule has 1 amide bonds. The first-order valence-corrected chi connectivity index (χ1v) is 8.78. The number of para-hydroxylation sites is 1. The highest BCUT2D eigenvalue weighted by Crippen LogP contribution is 2.23. The van der Waals surface area contributed by atoms with E-state index in [0.717, 1.165) is 30.2 Å². The van der Waals surface area contributed by atoms with Crippen LogP contribution in [0.3, 0.4) is 0 Å². The fraction of sp³-hybridized carbons (Fsp3) is 0.353. The smallest absolute Gasteiger partial charge is 0.291 e. The predicted molar refractivity (Wildman–Crippen MR) is 92.0 cm³/mol. The number of fused-ring (bicyclic) bond motifs is 1. The van der Waals surface area contributed by atoms with Crippen LogP contribution >= 0.6 is 11.3 Å². The number of hydrogen-bond donors (Lipinski definition) is 0. The molecule has 0 radical (unpaired) electrons. The van der Waals surface area contributed by atoms with Crippen LogP contribution in [0.2, 0.25) is 0 Å². The Balaban J connectivity index is 1.37. The summed E-state index contributed by atoms with van der Waals surface area (Å²) in [6.07, 6.45) is 1.33. The third-order valence-corrected chi connectivity index (χ3v) is 5.32. The van der Waals surface area contributed by atoms with E-state index in [1.54, 1.807) is 18.3 Å². The highest BCUT2D eigenvalue weighted by atomic mass is 32.1. The summed E-state index contributed by atoms with van der Waals surface area (Å²) in [7, 11) is 0. The molecule has 3 aromatic rings. The van der Waals surface area contributed by atoms with E-state index in [1.807, 2.05) is 23.1 Å². The van der Waals surface area contributed by atoms with Crippen molar-refractivity contribution in [2.24, 2.45) is 0 Å². The van der Waals surface area contributed by atoms with Crippen molar-refractivity contribution in [3.05, 3.63) is 47.1 Å². The highest BCUT2D eigenvalue weighted by Gasteiger charge is 2.26. The number of nitrogens with zero attached hydrogens (tertiary/aromatic N) is 4. The zero-order chi connectivity index (χ0) is 16.5. The third-order valence-electron chi connectivity index (χ3n) is 4.30. The van der Waals surface area contributed by atoms with Crippen molar-refractivity contribution in [1.29, 1.82) is 0 Å². The van der Waals surface area contributed by atoms with Gasteiger partial charge in [-0.25, -0.2) is 9.97 Å². The van der Waals surface area contributed by atoms with Crippen LogP contribution in [0, 0.1) is 6.92 Å². The fourth-order valence-electron chi connectivity index (χ4n) is 2.94. The molecule has 0 atom stereocenters. The van der Waals surface area contributed by atoms with Gasteiger partial charge in [-0.15, -0.1) is 11.3 Å². The Kier molecular flexibility index (Phi) is 4.03. The molecule has 0 aliphatic carbocycles. The Morgan fingerprint density at radius 3 is 2.75 bits per heavy atom. The van der Waals surface area contributed by atoms with Gasteiger partial charge in [0.25, 0.3) is 5.91 Å². The number of piperazine rings is 1. The van der Waals surface area contributed by atoms with Gasteiger partial charge in [-0.2, -0.15) is 0 Å². The molecule has 4 rings (SSSR count). The maximum absolute atomic E-state index is 12.4. The number of carbonyl (C=O) groups excluding carboxylic acids is 1. The van der Waals surface area contributed by atoms with Crippen LogP contribution in [0.4, 0.5) is 0 Å². The molecule has 1 saturated heterocycles. The molecule has 0 spiro atoms. The number of thiazole rings is 1. The first-order chi connectivity index (χ1) is 11.7. The van der Waals surface area contributed by atoms with Gasteiger partial charge in [-0.3, -0.25) is 9.69 Å². The Morgan fingerprint density at radius 2 is 2.04 bits per heavy atom. The second-order valence-corrected chi connectivity index (χ2v) is 7.03. The average molecular weight is 342 g/mol. The minimum absolute atomic E-state index is 0.0652. The first kappa shape index (κ1) is 15.3. The van der Waals surface area contributed by atoms with Crippen LogP contribution in [-0.4, -0.2) is 51.9 Å². The summed E-state index contributed by atoms with van der Waals surface area (Å²) in [5.74, 6) is 0.291. The van der Waals surface area contributed by atoms with E-state index in [2.05, 4.69) is 20.9 Å². The molecule has 0 bridgehead atoms. The molecule has 1 aromatic carbocycles. The van der Waals surface area contributed by atoms with E-state index >= 15 is 0 Å². The number of benzene rings is 1. The van der Waals surface area contributed by atoms with Crippen molar-refractivity contribution in [3.8, 4) is 0 Å². The Hall–Kier alpha value is -2.25. The molecule has 1 aliphatic rings. The maximum Gasteiger partial charge on any atom is 0.291 e. The lowest BCUT2D eigenvalue weighted by atomic mass is 10.2. The monoisotopic (exact) mass is 342 g/mol. The number of aromatic nitrogens is 2. The van der Waals surface area contributed by atoms with E-state index in [0.29, 0.717) is 24.5 Å². The van der Waals surface area contributed by atoms with Gasteiger partial charge >= 0.3 is 0 Å². The molecule has 0 saturated carbocycles. The molecular formula is C17H18N4O2S. The minimum atomic E-state index is -0.0652. The second kappa shape index (κ2) is 6.33. The van der Waals surface area contributed by atoms with Crippen molar-refractivity contribution in [2.45, 2.75) is 13.5 Å². The molecule has 6 nitrogen and oxygen atoms in total. The van der Waals surface area contributed by atoms with E-state index in [1.165, 1.54) is 11.1 Å². The van der Waals surface area contributed by atoms with Gasteiger partial charge in [0.1, 0.15) is 5.01 Å². The Labute approximate surface area is 143 Å². The summed E-state index contributed by atoms with van der Waals surface area (Å²) in [5, 5.41) is 1.13. The summed E-state index contributed by atoms with van der Waals surface area (Å²) in [6.45, 7) is 5.71. The summed E-state index contributed by atoms with van der Waals surface area (Å²) in [4.78, 5) is 25.3. The number of hydrogen-bond acceptors (Lipinski definition) is 6. The number of oxazole rings is 1. The molecule has 1 fully saturated rings. The molecule has 2 aromatic heterocycles. The first-order valence-electron chi connectivity index (χ1n) is 7.97. The third kappa shape index (κ3) is 2.92. The number of amides is 1. The van der Waals surface area contributed by atoms with Crippen LogP contribution in [0.15, 0.2) is 35.1 Å². The van der Waals surface area contributed by atoms with Crippen LogP contribution < -0.4 is 0 Å². The van der Waals surface area contributed by atoms with Gasteiger partial charge in [0.05, 0.1) is 22.5 Å². The zero-order valence-corrected chi connectivity index (χ0v) is 14.3. The lowest BCUT2D eigenvalue weighted by molar-refractivity contribution is 0.0597. The molecule has 3 heterocycles. The lowest BCUT2D eigenvalue weighted by Gasteiger charge is -2.33. The largest absolute Gasteiger partial charge is 0.438 e. The minimum Gasteiger partial charge on any atom is -0.438 e. The highest BCUT2D eigenvalue weighted by molar-refractivity contribution is 7.18. The van der Waals surface area contributed by atoms with E-state index in [9.17, 15) is 4.79 Å². The molecule has 124 valence electrons. The Bertz CT molecular complexity index is 831. The summed E-state index contributed by atoms with van der Waals surface area (Å²) >= 11 is 1.74. The summed E-state index contributed by atoms with van der Waals surface area (Å²) in [6, 6.07) is 8.21. The normalized spacial score (nSPS) is 16.0. The average Bonchev–Trinajstić information content (AvgIpc) is 3.20. The molecule has 0 N–H and O–H groups in total. The molecule has 7 heteroatoms. The van der Waals surface area contributed by atoms with Crippen molar-refractivity contribution in [1.82, 2.24) is 19.8 Å². The number of carbonyl (C=O) groups is 1. The molecule has 1 aliphatic heterocycles. The SMILES string of the molecule is Cc1ncoc1C(=O)N1CCN(Cc2nc3ccccc3s2)CC1. The van der Waals surface area contributed by atoms with Crippen LogP contribution in [-0.2, 0) is 6.54 Å². The summed E-state index contributed by atoms with van der Waals surface area (Å²) < 4.78 is 6.44. The van der Waals surface area contributed by atoms with Gasteiger partial charge in [0.2, 0.25) is 5.76 Å². The molecule has 0 unspecified atom stereocenters. The zero-order valence-electron chi connectivity index (χ0n) is 13.4. The Morgan fingerprint density at radius 1 is 1.25 bits per heavy atom. The van der Waals surface area contributed by atoms with Crippen molar-refractivity contribution < 1.29 is 9.21 Å². The lowest BCUT2D eigenvalue weighted by Crippen LogP contribution is -2.48. The van der Waals surface area contributed by atoms with Gasteiger partial charge in [-0.1, -0.05) is 12.1 Å². The van der Waals surface area contributed by atoms with E-state index < -0.39 is 0 Å². The van der Waals surface area contributed by atoms with E-state index in [-0.39, 0.29) is 5.91 Å². The molecular weight excluding hydrogens is 324 g/mol. The van der Waals surface area contributed by atoms with Gasteiger partial charge in [0.15, 0.2) is 6.39 Å². The predicted octanol–water partition coefficient (Wildman–Crippen LogP) is 2.55. The second-order valence-electron chi connectivity index (χ2n) is 5.91. The van der Waals surface area contributed by atoms with Crippen LogP contribution in [0.1, 0.15) is 21.3 Å². The molecule has 24 heavy (non-hydrogen) atoms. The van der Waals surface area contributed by atoms with Crippen LogP contribution in [0.25, 0.3) is 10.2 Å². The van der Waals surface area contributed by atoms with Gasteiger partial charge < -0.3 is 9.32 Å². The topological polar surface area (TPSA) is 62.5 Å². The summed E-state index contributed by atoms with van der Waals surface area (Å²) in [5.41, 5.74) is 1.71. The standard InChI is InChI=1S/C17H18N4O2S/c1-12-16(23-11-18-12)17(22)21-8-6-20(7-9-21)10-15-19-13-4-2-3-5-14(13)24-15/h2-5,11H,6-10H2,1H3. The number of rotatable bonds is 3. The number of aryl methyl sites for hydroxylation is 1. The van der Waals surface area contributed by atoms with Gasteiger partial charge in [0, 0.05) is 26.2 Å².